The number of carbonyl (C=O) groups is 1. The van der Waals surface area contributed by atoms with Crippen molar-refractivity contribution in [3.63, 3.8) is 0 Å². The molecule has 0 bridgehead atoms. The first-order valence-electron chi connectivity index (χ1n) is 4.05. The third-order valence-corrected chi connectivity index (χ3v) is 3.21. The Kier molecular flexibility index (Phi) is 2.93. The Balaban J connectivity index is 3.12. The third-order valence-electron chi connectivity index (χ3n) is 2.06. The number of nitrogens with zero attached hydrogens (tertiary/aromatic N) is 1. The lowest BCUT2D eigenvalue weighted by molar-refractivity contribution is -0.102. The van der Waals surface area contributed by atoms with Crippen LogP contribution in [0.1, 0.15) is 20.8 Å². The number of hydrogen-bond donors (Lipinski definition) is 1. The molecule has 0 aliphatic carbocycles. The van der Waals surface area contributed by atoms with Crippen molar-refractivity contribution in [2.24, 2.45) is 4.99 Å². The zero-order valence-corrected chi connectivity index (χ0v) is 8.81. The number of carbonyl (C=O) groups excluding carboxylic acids is 1. The minimum Gasteiger partial charge on any atom is -0.392 e. The normalized spacial score (nSPS) is 21.4. The lowest BCUT2D eigenvalue weighted by atomic mass is 10.0. The Morgan fingerprint density at radius 1 is 1.62 bits per heavy atom. The molecule has 0 spiro atoms. The van der Waals surface area contributed by atoms with E-state index in [2.05, 4.69) is 4.99 Å². The number of rotatable bonds is 2. The highest BCUT2D eigenvalue weighted by atomic mass is 32.2. The number of hydrogen-bond acceptors (Lipinski definition) is 4. The standard InChI is InChI=1S/C9H13NO2S/c1-6-7(4-11)9(2,3)13-8(5-12)10-6/h5,11H,4H2,1-3H3. The van der Waals surface area contributed by atoms with Crippen molar-refractivity contribution in [3.8, 4) is 0 Å². The van der Waals surface area contributed by atoms with Gasteiger partial charge >= 0.3 is 0 Å². The Morgan fingerprint density at radius 2 is 2.23 bits per heavy atom. The molecule has 1 rings (SSSR count). The van der Waals surface area contributed by atoms with E-state index >= 15 is 0 Å². The average molecular weight is 199 g/mol. The van der Waals surface area contributed by atoms with Gasteiger partial charge in [0.15, 0.2) is 6.29 Å². The number of aliphatic imine (C=N–C) groups is 1. The monoisotopic (exact) mass is 199 g/mol. The molecule has 3 nitrogen and oxygen atoms in total. The van der Waals surface area contributed by atoms with Crippen molar-refractivity contribution >= 4 is 23.1 Å². The van der Waals surface area contributed by atoms with Gasteiger partial charge in [-0.3, -0.25) is 4.79 Å². The van der Waals surface area contributed by atoms with E-state index in [0.29, 0.717) is 5.04 Å². The first-order valence-corrected chi connectivity index (χ1v) is 4.87. The molecule has 1 aliphatic rings. The summed E-state index contributed by atoms with van der Waals surface area (Å²) in [5.41, 5.74) is 1.65. The lowest BCUT2D eigenvalue weighted by Gasteiger charge is -2.30. The Bertz CT molecular complexity index is 292. The molecule has 0 aromatic carbocycles. The van der Waals surface area contributed by atoms with Crippen LogP contribution >= 0.6 is 11.8 Å². The molecule has 0 fully saturated rings. The van der Waals surface area contributed by atoms with Crippen molar-refractivity contribution in [2.75, 3.05) is 6.61 Å². The molecule has 1 aliphatic heterocycles. The summed E-state index contributed by atoms with van der Waals surface area (Å²) in [7, 11) is 0. The Morgan fingerprint density at radius 3 is 2.62 bits per heavy atom. The average Bonchev–Trinajstić information content (AvgIpc) is 2.02. The van der Waals surface area contributed by atoms with Crippen molar-refractivity contribution in [1.29, 1.82) is 0 Å². The maximum Gasteiger partial charge on any atom is 0.174 e. The van der Waals surface area contributed by atoms with Crippen LogP contribution in [0.3, 0.4) is 0 Å². The molecule has 0 atom stereocenters. The summed E-state index contributed by atoms with van der Waals surface area (Å²) in [5, 5.41) is 9.61. The van der Waals surface area contributed by atoms with Crippen LogP contribution in [0.2, 0.25) is 0 Å². The number of aldehydes is 1. The minimum atomic E-state index is -0.225. The fourth-order valence-corrected chi connectivity index (χ4v) is 2.46. The number of aliphatic hydroxyl groups excluding tert-OH is 1. The van der Waals surface area contributed by atoms with Gasteiger partial charge < -0.3 is 5.11 Å². The van der Waals surface area contributed by atoms with Gasteiger partial charge in [0.05, 0.1) is 6.61 Å². The van der Waals surface area contributed by atoms with Crippen molar-refractivity contribution in [1.82, 2.24) is 0 Å². The fraction of sp³-hybridized carbons (Fsp3) is 0.556. The van der Waals surface area contributed by atoms with Crippen LogP contribution in [0.15, 0.2) is 16.3 Å². The molecule has 0 amide bonds. The SMILES string of the molecule is CC1=C(CO)C(C)(C)SC(C=O)=N1. The zero-order valence-electron chi connectivity index (χ0n) is 8.00. The maximum absolute atomic E-state index is 10.6. The van der Waals surface area contributed by atoms with Crippen molar-refractivity contribution in [3.05, 3.63) is 11.3 Å². The quantitative estimate of drug-likeness (QED) is 0.683. The second-order valence-electron chi connectivity index (χ2n) is 3.40. The van der Waals surface area contributed by atoms with E-state index in [1.165, 1.54) is 11.8 Å². The molecule has 1 heterocycles. The fourth-order valence-electron chi connectivity index (χ4n) is 1.37. The maximum atomic E-state index is 10.6. The van der Waals surface area contributed by atoms with Crippen molar-refractivity contribution < 1.29 is 9.90 Å². The van der Waals surface area contributed by atoms with Crippen LogP contribution in [0, 0.1) is 0 Å². The van der Waals surface area contributed by atoms with Crippen LogP contribution in [0.4, 0.5) is 0 Å². The lowest BCUT2D eigenvalue weighted by Crippen LogP contribution is -2.27. The van der Waals surface area contributed by atoms with Gasteiger partial charge in [-0.05, 0) is 26.3 Å². The van der Waals surface area contributed by atoms with Crippen molar-refractivity contribution in [2.45, 2.75) is 25.5 Å². The second-order valence-corrected chi connectivity index (χ2v) is 5.05. The highest BCUT2D eigenvalue weighted by molar-refractivity contribution is 8.16. The van der Waals surface area contributed by atoms with Crippen LogP contribution in [0.5, 0.6) is 0 Å². The molecule has 0 unspecified atom stereocenters. The minimum absolute atomic E-state index is 0.00146. The zero-order chi connectivity index (χ0) is 10.1. The molecule has 72 valence electrons. The highest BCUT2D eigenvalue weighted by Gasteiger charge is 2.30. The first-order chi connectivity index (χ1) is 6.01. The first kappa shape index (κ1) is 10.5. The van der Waals surface area contributed by atoms with Gasteiger partial charge in [0.1, 0.15) is 5.04 Å². The van der Waals surface area contributed by atoms with E-state index in [1.807, 2.05) is 20.8 Å². The predicted molar refractivity (Wildman–Crippen MR) is 55.0 cm³/mol. The number of aliphatic hydroxyl groups is 1. The topological polar surface area (TPSA) is 49.7 Å². The van der Waals surface area contributed by atoms with Crippen LogP contribution in [0.25, 0.3) is 0 Å². The summed E-state index contributed by atoms with van der Waals surface area (Å²) >= 11 is 1.39. The second kappa shape index (κ2) is 3.64. The smallest absolute Gasteiger partial charge is 0.174 e. The molecule has 4 heteroatoms. The van der Waals surface area contributed by atoms with E-state index < -0.39 is 0 Å². The molecule has 0 aromatic rings. The molecule has 0 saturated heterocycles. The van der Waals surface area contributed by atoms with Gasteiger partial charge in [-0.1, -0.05) is 11.8 Å². The van der Waals surface area contributed by atoms with Crippen LogP contribution < -0.4 is 0 Å². The van der Waals surface area contributed by atoms with Gasteiger partial charge in [0.2, 0.25) is 0 Å². The van der Waals surface area contributed by atoms with Gasteiger partial charge in [-0.15, -0.1) is 0 Å². The Hall–Kier alpha value is -0.610. The van der Waals surface area contributed by atoms with Gasteiger partial charge in [-0.2, -0.15) is 0 Å². The van der Waals surface area contributed by atoms with Gasteiger partial charge in [-0.25, -0.2) is 4.99 Å². The van der Waals surface area contributed by atoms with E-state index in [-0.39, 0.29) is 11.4 Å². The Labute approximate surface area is 81.9 Å². The molecule has 13 heavy (non-hydrogen) atoms. The summed E-state index contributed by atoms with van der Waals surface area (Å²) in [5.74, 6) is 0. The van der Waals surface area contributed by atoms with E-state index in [4.69, 9.17) is 5.11 Å². The summed E-state index contributed by atoms with van der Waals surface area (Å²) in [6, 6.07) is 0. The van der Waals surface area contributed by atoms with Crippen LogP contribution in [-0.2, 0) is 4.79 Å². The highest BCUT2D eigenvalue weighted by Crippen LogP contribution is 2.38. The van der Waals surface area contributed by atoms with E-state index in [1.54, 1.807) is 0 Å². The molecule has 0 aromatic heterocycles. The summed E-state index contributed by atoms with van der Waals surface area (Å²) in [4.78, 5) is 14.6. The van der Waals surface area contributed by atoms with Crippen LogP contribution in [-0.4, -0.2) is 27.8 Å². The molecule has 0 radical (unpaired) electrons. The molecular formula is C9H13NO2S. The third kappa shape index (κ3) is 2.00. The number of thioether (sulfide) groups is 1. The molecule has 0 saturated carbocycles. The summed E-state index contributed by atoms with van der Waals surface area (Å²) in [6.45, 7) is 5.77. The summed E-state index contributed by atoms with van der Waals surface area (Å²) in [6.07, 6.45) is 0.754. The van der Waals surface area contributed by atoms with E-state index in [0.717, 1.165) is 17.6 Å². The summed E-state index contributed by atoms with van der Waals surface area (Å²) < 4.78 is -0.225. The number of allylic oxidation sites excluding steroid dienone is 1. The van der Waals surface area contributed by atoms with Gasteiger partial charge in [0, 0.05) is 10.4 Å². The predicted octanol–water partition coefficient (Wildman–Crippen LogP) is 1.38. The van der Waals surface area contributed by atoms with E-state index in [9.17, 15) is 4.79 Å². The molecule has 1 N–H and O–H groups in total. The van der Waals surface area contributed by atoms with Gasteiger partial charge in [0.25, 0.3) is 0 Å². The molecular weight excluding hydrogens is 186 g/mol. The largest absolute Gasteiger partial charge is 0.392 e.